The molecular weight excluding hydrogens is 462 g/mol. The van der Waals surface area contributed by atoms with Crippen LogP contribution in [0.15, 0.2) is 90.0 Å². The number of fused-ring (bicyclic) bond motifs is 3. The molecule has 7 nitrogen and oxygen atoms in total. The zero-order chi connectivity index (χ0) is 26.1. The summed E-state index contributed by atoms with van der Waals surface area (Å²) in [6, 6.07) is 19.5. The van der Waals surface area contributed by atoms with Crippen molar-refractivity contribution in [1.82, 2.24) is 19.2 Å². The topological polar surface area (TPSA) is 72.2 Å². The van der Waals surface area contributed by atoms with Crippen molar-refractivity contribution in [1.29, 1.82) is 0 Å². The molecule has 5 aromatic rings. The van der Waals surface area contributed by atoms with Crippen molar-refractivity contribution in [2.45, 2.75) is 6.92 Å². The van der Waals surface area contributed by atoms with E-state index < -0.39 is 0 Å². The van der Waals surface area contributed by atoms with Crippen LogP contribution in [0, 0.1) is 6.92 Å². The summed E-state index contributed by atoms with van der Waals surface area (Å²) in [4.78, 5) is 27.8. The van der Waals surface area contributed by atoms with E-state index in [2.05, 4.69) is 34.7 Å². The van der Waals surface area contributed by atoms with Crippen molar-refractivity contribution < 1.29 is 4.79 Å². The molecule has 0 aliphatic carbocycles. The van der Waals surface area contributed by atoms with Crippen LogP contribution in [0.3, 0.4) is 0 Å². The minimum absolute atomic E-state index is 0.140. The number of hydrogen-bond donors (Lipinski definition) is 1. The zero-order valence-corrected chi connectivity index (χ0v) is 21.4. The molecule has 0 fully saturated rings. The minimum atomic E-state index is -0.209. The van der Waals surface area contributed by atoms with E-state index in [1.165, 1.54) is 6.08 Å². The number of rotatable bonds is 6. The second kappa shape index (κ2) is 9.87. The van der Waals surface area contributed by atoms with Crippen LogP contribution in [-0.2, 0) is 11.8 Å². The molecule has 0 bridgehead atoms. The first-order valence-corrected chi connectivity index (χ1v) is 12.1. The molecule has 1 amide bonds. The van der Waals surface area contributed by atoms with E-state index in [4.69, 9.17) is 0 Å². The molecule has 0 saturated carbocycles. The van der Waals surface area contributed by atoms with Crippen LogP contribution >= 0.6 is 0 Å². The van der Waals surface area contributed by atoms with Gasteiger partial charge in [-0.15, -0.1) is 0 Å². The molecule has 0 radical (unpaired) electrons. The predicted octanol–water partition coefficient (Wildman–Crippen LogP) is 4.91. The first-order valence-electron chi connectivity index (χ1n) is 12.1. The van der Waals surface area contributed by atoms with Crippen molar-refractivity contribution in [3.05, 3.63) is 101 Å². The first-order chi connectivity index (χ1) is 17.8. The number of hydrogen-bond acceptors (Lipinski definition) is 4. The Hall–Kier alpha value is -4.49. The van der Waals surface area contributed by atoms with Gasteiger partial charge in [0, 0.05) is 48.6 Å². The van der Waals surface area contributed by atoms with Crippen LogP contribution in [0.5, 0.6) is 0 Å². The van der Waals surface area contributed by atoms with E-state index in [0.717, 1.165) is 38.4 Å². The lowest BCUT2D eigenvalue weighted by atomic mass is 10.0. The molecule has 0 aliphatic rings. The van der Waals surface area contributed by atoms with Crippen LogP contribution in [-0.4, -0.2) is 45.8 Å². The van der Waals surface area contributed by atoms with E-state index in [0.29, 0.717) is 17.9 Å². The van der Waals surface area contributed by atoms with Crippen molar-refractivity contribution >= 4 is 33.3 Å². The Morgan fingerprint density at radius 3 is 2.51 bits per heavy atom. The molecule has 1 N–H and O–H groups in total. The van der Waals surface area contributed by atoms with Gasteiger partial charge in [-0.1, -0.05) is 36.4 Å². The molecule has 2 aromatic heterocycles. The molecule has 186 valence electrons. The molecule has 0 unspecified atom stereocenters. The Labute approximate surface area is 215 Å². The van der Waals surface area contributed by atoms with Gasteiger partial charge in [0.25, 0.3) is 5.56 Å². The Kier molecular flexibility index (Phi) is 6.46. The second-order valence-corrected chi connectivity index (χ2v) is 9.50. The third-order valence-corrected chi connectivity index (χ3v) is 6.39. The maximum atomic E-state index is 13.3. The predicted molar refractivity (Wildman–Crippen MR) is 150 cm³/mol. The lowest BCUT2D eigenvalue weighted by molar-refractivity contribution is -0.111. The smallest absolute Gasteiger partial charge is 0.255 e. The number of carbonyl (C=O) groups is 1. The number of aromatic nitrogens is 3. The molecule has 5 rings (SSSR count). The maximum absolute atomic E-state index is 13.3. The number of aryl methyl sites for hydroxylation is 2. The average Bonchev–Trinajstić information content (AvgIpc) is 3.31. The molecule has 3 aromatic carbocycles. The van der Waals surface area contributed by atoms with Gasteiger partial charge in [-0.2, -0.15) is 5.10 Å². The minimum Gasteiger partial charge on any atom is -0.322 e. The van der Waals surface area contributed by atoms with Crippen LogP contribution in [0.1, 0.15) is 5.56 Å². The van der Waals surface area contributed by atoms with Gasteiger partial charge < -0.3 is 10.2 Å². The fourth-order valence-electron chi connectivity index (χ4n) is 4.49. The first kappa shape index (κ1) is 24.2. The third-order valence-electron chi connectivity index (χ3n) is 6.39. The zero-order valence-electron chi connectivity index (χ0n) is 21.4. The summed E-state index contributed by atoms with van der Waals surface area (Å²) >= 11 is 0. The Bertz CT molecular complexity index is 1730. The maximum Gasteiger partial charge on any atom is 0.255 e. The monoisotopic (exact) mass is 491 g/mol. The summed E-state index contributed by atoms with van der Waals surface area (Å²) in [7, 11) is 5.78. The van der Waals surface area contributed by atoms with Gasteiger partial charge in [0.1, 0.15) is 0 Å². The van der Waals surface area contributed by atoms with Gasteiger partial charge >= 0.3 is 0 Å². The highest BCUT2D eigenvalue weighted by atomic mass is 16.1. The van der Waals surface area contributed by atoms with Gasteiger partial charge in [0.05, 0.1) is 17.4 Å². The molecule has 0 atom stereocenters. The normalized spacial score (nSPS) is 11.7. The molecule has 37 heavy (non-hydrogen) atoms. The summed E-state index contributed by atoms with van der Waals surface area (Å²) < 4.78 is 3.50. The van der Waals surface area contributed by atoms with Gasteiger partial charge in [0.15, 0.2) is 0 Å². The van der Waals surface area contributed by atoms with Crippen molar-refractivity contribution in [3.8, 4) is 16.8 Å². The summed E-state index contributed by atoms with van der Waals surface area (Å²) in [5, 5.41) is 10.2. The number of benzene rings is 3. The highest BCUT2D eigenvalue weighted by Crippen LogP contribution is 2.31. The third kappa shape index (κ3) is 4.94. The van der Waals surface area contributed by atoms with E-state index in [9.17, 15) is 9.59 Å². The number of nitrogens with one attached hydrogen (secondary N) is 1. The van der Waals surface area contributed by atoms with E-state index >= 15 is 0 Å². The van der Waals surface area contributed by atoms with Crippen LogP contribution in [0.25, 0.3) is 38.5 Å². The summed E-state index contributed by atoms with van der Waals surface area (Å²) in [5.41, 5.74) is 4.98. The summed E-state index contributed by atoms with van der Waals surface area (Å²) in [6.45, 7) is 2.61. The van der Waals surface area contributed by atoms with Gasteiger partial charge in [-0.25, -0.2) is 0 Å². The number of anilines is 1. The Morgan fingerprint density at radius 1 is 1.00 bits per heavy atom. The Balaban J connectivity index is 1.65. The number of nitrogens with zero attached hydrogens (tertiary/aromatic N) is 4. The molecule has 2 heterocycles. The molecular formula is C30H29N5O2. The Morgan fingerprint density at radius 2 is 1.76 bits per heavy atom. The van der Waals surface area contributed by atoms with Gasteiger partial charge in [-0.3, -0.25) is 18.8 Å². The van der Waals surface area contributed by atoms with Gasteiger partial charge in [0.2, 0.25) is 5.91 Å². The standard InChI is InChI=1S/C30H29N5O2/c1-20-7-13-25(17-27(20)32-28(36)6-5-15-33(2)3)35-29(37)14-12-22-10-8-21-9-11-23(16-26(21)30(22)35)24-18-31-34(4)19-24/h5-14,16-19H,15H2,1-4H3,(H,32,36). The van der Waals surface area contributed by atoms with Crippen LogP contribution in [0.4, 0.5) is 5.69 Å². The lowest BCUT2D eigenvalue weighted by Gasteiger charge is -2.16. The SMILES string of the molecule is Cc1ccc(-n2c(=O)ccc3ccc4ccc(-c5cnn(C)c5)cc4c32)cc1NC(=O)C=CCN(C)C. The van der Waals surface area contributed by atoms with Crippen molar-refractivity contribution in [3.63, 3.8) is 0 Å². The quantitative estimate of drug-likeness (QED) is 0.271. The number of amides is 1. The van der Waals surface area contributed by atoms with Crippen LogP contribution in [0.2, 0.25) is 0 Å². The fraction of sp³-hybridized carbons (Fsp3) is 0.167. The summed E-state index contributed by atoms with van der Waals surface area (Å²) in [5.74, 6) is -0.209. The molecule has 0 saturated heterocycles. The summed E-state index contributed by atoms with van der Waals surface area (Å²) in [6.07, 6.45) is 7.15. The highest BCUT2D eigenvalue weighted by Gasteiger charge is 2.13. The van der Waals surface area contributed by atoms with E-state index in [1.807, 2.05) is 81.8 Å². The van der Waals surface area contributed by atoms with Crippen LogP contribution < -0.4 is 10.9 Å². The molecule has 7 heteroatoms. The number of pyridine rings is 1. The number of likely N-dealkylation sites (N-methyl/N-ethyl adjacent to an activating group) is 1. The average molecular weight is 492 g/mol. The van der Waals surface area contributed by atoms with Crippen molar-refractivity contribution in [2.75, 3.05) is 26.0 Å². The van der Waals surface area contributed by atoms with Gasteiger partial charge in [-0.05, 0) is 67.2 Å². The largest absolute Gasteiger partial charge is 0.322 e. The van der Waals surface area contributed by atoms with Crippen molar-refractivity contribution in [2.24, 2.45) is 7.05 Å². The second-order valence-electron chi connectivity index (χ2n) is 9.50. The van der Waals surface area contributed by atoms with E-state index in [1.54, 1.807) is 15.3 Å². The number of carbonyl (C=O) groups excluding carboxylic acids is 1. The fourth-order valence-corrected chi connectivity index (χ4v) is 4.49. The van der Waals surface area contributed by atoms with E-state index in [-0.39, 0.29) is 11.5 Å². The molecule has 0 aliphatic heterocycles. The molecule has 0 spiro atoms. The lowest BCUT2D eigenvalue weighted by Crippen LogP contribution is -2.18. The highest BCUT2D eigenvalue weighted by molar-refractivity contribution is 6.07.